The summed E-state index contributed by atoms with van der Waals surface area (Å²) in [6.07, 6.45) is -3.44. The van der Waals surface area contributed by atoms with Crippen molar-refractivity contribution in [1.82, 2.24) is 4.98 Å². The Labute approximate surface area is 174 Å². The second-order valence-electron chi connectivity index (χ2n) is 7.33. The Morgan fingerprint density at radius 2 is 1.86 bits per heavy atom. The number of para-hydroxylation sites is 1. The lowest BCUT2D eigenvalue weighted by molar-refractivity contribution is -0.147. The van der Waals surface area contributed by atoms with Gasteiger partial charge < -0.3 is 9.47 Å². The maximum absolute atomic E-state index is 12.7. The van der Waals surface area contributed by atoms with Gasteiger partial charge in [-0.15, -0.1) is 0 Å². The normalized spacial score (nSPS) is 20.8. The van der Waals surface area contributed by atoms with E-state index in [0.29, 0.717) is 17.3 Å². The van der Waals surface area contributed by atoms with E-state index in [1.165, 1.54) is 0 Å². The number of carbonyl (C=O) groups is 1. The van der Waals surface area contributed by atoms with Crippen LogP contribution in [0.25, 0.3) is 0 Å². The quantitative estimate of drug-likeness (QED) is 0.484. The summed E-state index contributed by atoms with van der Waals surface area (Å²) >= 11 is 2.54. The van der Waals surface area contributed by atoms with Crippen LogP contribution in [0.5, 0.6) is 11.6 Å². The topological polar surface area (TPSA) is 48.4 Å². The van der Waals surface area contributed by atoms with Gasteiger partial charge in [0.25, 0.3) is 0 Å². The van der Waals surface area contributed by atoms with Gasteiger partial charge in [-0.2, -0.15) is 13.2 Å². The van der Waals surface area contributed by atoms with E-state index in [1.54, 1.807) is 44.2 Å². The number of ether oxygens (including phenoxy) is 2. The third-order valence-corrected chi connectivity index (χ3v) is 5.58. The monoisotopic (exact) mass is 469 g/mol. The van der Waals surface area contributed by atoms with Crippen molar-refractivity contribution in [3.63, 3.8) is 0 Å². The minimum atomic E-state index is -4.48. The molecule has 0 N–H and O–H groups in total. The maximum atomic E-state index is 12.7. The summed E-state index contributed by atoms with van der Waals surface area (Å²) < 4.78 is 48.3. The van der Waals surface area contributed by atoms with Crippen LogP contribution in [-0.4, -0.2) is 17.1 Å². The van der Waals surface area contributed by atoms with Crippen LogP contribution in [-0.2, 0) is 16.1 Å². The molecule has 8 heteroatoms. The third kappa shape index (κ3) is 5.18. The number of esters is 1. The van der Waals surface area contributed by atoms with Gasteiger partial charge >= 0.3 is 12.1 Å². The molecule has 0 spiro atoms. The van der Waals surface area contributed by atoms with Crippen LogP contribution >= 0.6 is 15.9 Å². The molecule has 29 heavy (non-hydrogen) atoms. The SMILES string of the molecule is CC1(C)[C@H](C=C(Br)C(F)(F)F)[C@@H]1C(=O)OCc1cccc(Oc2ccccc2)n1. The molecule has 154 valence electrons. The Morgan fingerprint density at radius 1 is 1.17 bits per heavy atom. The lowest BCUT2D eigenvalue weighted by atomic mass is 10.1. The Bertz CT molecular complexity index is 913. The van der Waals surface area contributed by atoms with Gasteiger partial charge in [-0.3, -0.25) is 4.79 Å². The number of alkyl halides is 3. The van der Waals surface area contributed by atoms with E-state index >= 15 is 0 Å². The molecule has 0 unspecified atom stereocenters. The maximum Gasteiger partial charge on any atom is 0.422 e. The fourth-order valence-electron chi connectivity index (χ4n) is 3.13. The number of halogens is 4. The minimum Gasteiger partial charge on any atom is -0.459 e. The largest absolute Gasteiger partial charge is 0.459 e. The number of carbonyl (C=O) groups excluding carboxylic acids is 1. The zero-order chi connectivity index (χ0) is 21.2. The van der Waals surface area contributed by atoms with Crippen LogP contribution < -0.4 is 4.74 Å². The molecular weight excluding hydrogens is 451 g/mol. The molecule has 3 rings (SSSR count). The van der Waals surface area contributed by atoms with Crippen LogP contribution in [0.15, 0.2) is 59.1 Å². The van der Waals surface area contributed by atoms with Crippen molar-refractivity contribution < 1.29 is 27.4 Å². The fourth-order valence-corrected chi connectivity index (χ4v) is 3.41. The van der Waals surface area contributed by atoms with Gasteiger partial charge in [-0.1, -0.05) is 44.2 Å². The summed E-state index contributed by atoms with van der Waals surface area (Å²) in [6, 6.07) is 14.2. The average Bonchev–Trinajstić information content (AvgIpc) is 3.20. The molecule has 1 aromatic carbocycles. The van der Waals surface area contributed by atoms with Crippen molar-refractivity contribution in [1.29, 1.82) is 0 Å². The van der Waals surface area contributed by atoms with E-state index in [1.807, 2.05) is 18.2 Å². The second-order valence-corrected chi connectivity index (χ2v) is 8.18. The number of rotatable bonds is 6. The molecule has 1 aliphatic rings. The number of pyridine rings is 1. The van der Waals surface area contributed by atoms with Gasteiger partial charge in [0, 0.05) is 6.07 Å². The number of nitrogens with zero attached hydrogens (tertiary/aromatic N) is 1. The van der Waals surface area contributed by atoms with Crippen molar-refractivity contribution in [3.8, 4) is 11.6 Å². The minimum absolute atomic E-state index is 0.0890. The number of benzene rings is 1. The molecule has 1 aliphatic carbocycles. The molecule has 2 aromatic rings. The number of hydrogen-bond acceptors (Lipinski definition) is 4. The van der Waals surface area contributed by atoms with E-state index < -0.39 is 33.9 Å². The Balaban J connectivity index is 1.60. The summed E-state index contributed by atoms with van der Waals surface area (Å²) in [5.74, 6) is -0.757. The number of allylic oxidation sites excluding steroid dienone is 2. The van der Waals surface area contributed by atoms with Crippen molar-refractivity contribution >= 4 is 21.9 Å². The van der Waals surface area contributed by atoms with Crippen LogP contribution in [0.4, 0.5) is 13.2 Å². The van der Waals surface area contributed by atoms with Gasteiger partial charge in [0.2, 0.25) is 5.88 Å². The van der Waals surface area contributed by atoms with Gasteiger partial charge in [0.15, 0.2) is 0 Å². The first-order valence-corrected chi connectivity index (χ1v) is 9.68. The highest BCUT2D eigenvalue weighted by Gasteiger charge is 2.62. The highest BCUT2D eigenvalue weighted by molar-refractivity contribution is 9.11. The predicted molar refractivity (Wildman–Crippen MR) is 104 cm³/mol. The molecule has 1 fully saturated rings. The number of aromatic nitrogens is 1. The molecule has 1 aromatic heterocycles. The zero-order valence-electron chi connectivity index (χ0n) is 15.7. The van der Waals surface area contributed by atoms with E-state index in [2.05, 4.69) is 20.9 Å². The van der Waals surface area contributed by atoms with E-state index in [0.717, 1.165) is 6.08 Å². The Morgan fingerprint density at radius 3 is 2.52 bits per heavy atom. The molecule has 0 amide bonds. The number of hydrogen-bond donors (Lipinski definition) is 0. The molecule has 0 aliphatic heterocycles. The first-order valence-electron chi connectivity index (χ1n) is 8.89. The first-order chi connectivity index (χ1) is 13.6. The molecule has 0 saturated heterocycles. The Kier molecular flexibility index (Phi) is 6.03. The fraction of sp³-hybridized carbons (Fsp3) is 0.333. The van der Waals surface area contributed by atoms with Gasteiger partial charge in [-0.25, -0.2) is 4.98 Å². The zero-order valence-corrected chi connectivity index (χ0v) is 17.3. The molecule has 1 heterocycles. The van der Waals surface area contributed by atoms with Gasteiger partial charge in [0.05, 0.1) is 16.1 Å². The summed E-state index contributed by atoms with van der Waals surface area (Å²) in [6.45, 7) is 3.39. The van der Waals surface area contributed by atoms with Crippen LogP contribution in [0, 0.1) is 17.3 Å². The smallest absolute Gasteiger partial charge is 0.422 e. The average molecular weight is 470 g/mol. The third-order valence-electron chi connectivity index (χ3n) is 4.87. The van der Waals surface area contributed by atoms with E-state index in [-0.39, 0.29) is 6.61 Å². The van der Waals surface area contributed by atoms with Crippen molar-refractivity contribution in [2.24, 2.45) is 17.3 Å². The lowest BCUT2D eigenvalue weighted by Crippen LogP contribution is -2.11. The molecular formula is C21H19BrF3NO3. The van der Waals surface area contributed by atoms with Crippen LogP contribution in [0.1, 0.15) is 19.5 Å². The van der Waals surface area contributed by atoms with Gasteiger partial charge in [-0.05, 0) is 45.5 Å². The first kappa shape index (κ1) is 21.4. The molecule has 4 nitrogen and oxygen atoms in total. The standard InChI is InChI=1S/C21H19BrF3NO3/c1-20(2)15(11-16(22)21(23,24)25)18(20)19(27)28-12-13-7-6-10-17(26-13)29-14-8-4-3-5-9-14/h3-11,15,18H,12H2,1-2H3/t15-,18-/m1/s1. The van der Waals surface area contributed by atoms with Crippen LogP contribution in [0.3, 0.4) is 0 Å². The second kappa shape index (κ2) is 8.18. The summed E-state index contributed by atoms with van der Waals surface area (Å²) in [5.41, 5.74) is -0.124. The molecule has 1 saturated carbocycles. The Hall–Kier alpha value is -2.35. The lowest BCUT2D eigenvalue weighted by Gasteiger charge is -2.08. The molecule has 2 atom stereocenters. The highest BCUT2D eigenvalue weighted by Crippen LogP contribution is 2.60. The van der Waals surface area contributed by atoms with E-state index in [4.69, 9.17) is 9.47 Å². The van der Waals surface area contributed by atoms with Crippen molar-refractivity contribution in [2.45, 2.75) is 26.6 Å². The summed E-state index contributed by atoms with van der Waals surface area (Å²) in [5, 5.41) is 0. The molecule has 0 radical (unpaired) electrons. The van der Waals surface area contributed by atoms with E-state index in [9.17, 15) is 18.0 Å². The van der Waals surface area contributed by atoms with Crippen LogP contribution in [0.2, 0.25) is 0 Å². The summed E-state index contributed by atoms with van der Waals surface area (Å²) in [7, 11) is 0. The summed E-state index contributed by atoms with van der Waals surface area (Å²) in [4.78, 5) is 16.7. The van der Waals surface area contributed by atoms with Gasteiger partial charge in [0.1, 0.15) is 12.4 Å². The highest BCUT2D eigenvalue weighted by atomic mass is 79.9. The predicted octanol–water partition coefficient (Wildman–Crippen LogP) is 6.03. The van der Waals surface area contributed by atoms with Crippen molar-refractivity contribution in [2.75, 3.05) is 0 Å². The molecule has 0 bridgehead atoms. The van der Waals surface area contributed by atoms with Crippen molar-refractivity contribution in [3.05, 3.63) is 64.8 Å².